The zero-order chi connectivity index (χ0) is 24.7. The van der Waals surface area contributed by atoms with Crippen LogP contribution in [-0.2, 0) is 15.8 Å². The second-order valence-corrected chi connectivity index (χ2v) is 12.5. The number of benzene rings is 2. The summed E-state index contributed by atoms with van der Waals surface area (Å²) in [5.74, 6) is -3.48. The van der Waals surface area contributed by atoms with E-state index >= 15 is 0 Å². The Morgan fingerprint density at radius 2 is 1.80 bits per heavy atom. The third-order valence-electron chi connectivity index (χ3n) is 7.05. The highest BCUT2D eigenvalue weighted by Crippen LogP contribution is 2.38. The minimum Gasteiger partial charge on any atom is -0.316 e. The molecule has 188 valence electrons. The molecule has 0 radical (unpaired) electrons. The summed E-state index contributed by atoms with van der Waals surface area (Å²) in [6, 6.07) is 7.46. The van der Waals surface area contributed by atoms with Crippen LogP contribution in [0, 0.1) is 23.4 Å². The number of piperidine rings is 1. The summed E-state index contributed by atoms with van der Waals surface area (Å²) in [7, 11) is -3.63. The van der Waals surface area contributed by atoms with Crippen molar-refractivity contribution in [1.82, 2.24) is 13.9 Å². The first-order valence-electron chi connectivity index (χ1n) is 12.0. The average molecular weight is 524 g/mol. The van der Waals surface area contributed by atoms with Gasteiger partial charge in [0.05, 0.1) is 15.9 Å². The Labute approximate surface area is 207 Å². The van der Waals surface area contributed by atoms with E-state index in [1.54, 1.807) is 16.4 Å². The van der Waals surface area contributed by atoms with Gasteiger partial charge in [0.25, 0.3) is 0 Å². The zero-order valence-corrected chi connectivity index (χ0v) is 21.1. The minimum absolute atomic E-state index is 0.0569. The van der Waals surface area contributed by atoms with E-state index in [-0.39, 0.29) is 22.3 Å². The number of hydrogen-bond acceptors (Lipinski definition) is 4. The van der Waals surface area contributed by atoms with Gasteiger partial charge in [0, 0.05) is 30.4 Å². The molecule has 2 heterocycles. The Morgan fingerprint density at radius 3 is 2.54 bits per heavy atom. The van der Waals surface area contributed by atoms with E-state index in [9.17, 15) is 21.6 Å². The molecule has 0 spiro atoms. The summed E-state index contributed by atoms with van der Waals surface area (Å²) < 4.78 is 71.5. The molecule has 10 heteroatoms. The van der Waals surface area contributed by atoms with E-state index in [0.29, 0.717) is 29.7 Å². The van der Waals surface area contributed by atoms with Crippen molar-refractivity contribution in [2.45, 2.75) is 67.3 Å². The maximum absolute atomic E-state index is 14.2. The van der Waals surface area contributed by atoms with Gasteiger partial charge in [0.1, 0.15) is 0 Å². The minimum atomic E-state index is -3.63. The van der Waals surface area contributed by atoms with Gasteiger partial charge >= 0.3 is 0 Å². The van der Waals surface area contributed by atoms with Crippen LogP contribution in [0.2, 0.25) is 0 Å². The number of nitrogens with zero attached hydrogens (tertiary/aromatic N) is 3. The Balaban J connectivity index is 1.50. The molecule has 0 amide bonds. The van der Waals surface area contributed by atoms with E-state index in [0.717, 1.165) is 50.1 Å². The molecule has 2 aliphatic rings. The maximum Gasteiger partial charge on any atom is 0.243 e. The number of imidazole rings is 1. The van der Waals surface area contributed by atoms with E-state index in [4.69, 9.17) is 4.98 Å². The standard InChI is InChI=1S/C25H28F3N3O2S2/c1-16-5-4-12-30(14-16)35(32,33)19-9-11-22-21(13-19)29-25(31(22)18-6-2-3-7-18)34-15-17-8-10-20(26)24(28)23(17)27/h8-11,13,16,18H,2-7,12,14-15H2,1H3/t16-/m1/s1. The van der Waals surface area contributed by atoms with Gasteiger partial charge in [-0.1, -0.05) is 37.6 Å². The van der Waals surface area contributed by atoms with Crippen molar-refractivity contribution in [3.63, 3.8) is 0 Å². The van der Waals surface area contributed by atoms with Crippen LogP contribution >= 0.6 is 11.8 Å². The molecule has 1 saturated heterocycles. The smallest absolute Gasteiger partial charge is 0.243 e. The molecule has 0 bridgehead atoms. The number of fused-ring (bicyclic) bond motifs is 1. The number of hydrogen-bond donors (Lipinski definition) is 0. The third-order valence-corrected chi connectivity index (χ3v) is 9.91. The molecule has 1 saturated carbocycles. The van der Waals surface area contributed by atoms with Gasteiger partial charge in [0.2, 0.25) is 10.0 Å². The molecule has 1 aliphatic carbocycles. The molecule has 1 aliphatic heterocycles. The van der Waals surface area contributed by atoms with Gasteiger partial charge in [-0.05, 0) is 55.9 Å². The maximum atomic E-state index is 14.2. The van der Waals surface area contributed by atoms with E-state index < -0.39 is 27.5 Å². The summed E-state index contributed by atoms with van der Waals surface area (Å²) in [6.07, 6.45) is 6.00. The van der Waals surface area contributed by atoms with Gasteiger partial charge in [-0.15, -0.1) is 0 Å². The van der Waals surface area contributed by atoms with Gasteiger partial charge in [-0.2, -0.15) is 4.31 Å². The van der Waals surface area contributed by atoms with E-state index in [1.165, 1.54) is 17.8 Å². The van der Waals surface area contributed by atoms with Crippen LogP contribution in [0.5, 0.6) is 0 Å². The second-order valence-electron chi connectivity index (χ2n) is 9.59. The fourth-order valence-corrected chi connectivity index (χ4v) is 7.84. The molecule has 5 nitrogen and oxygen atoms in total. The van der Waals surface area contributed by atoms with Gasteiger partial charge in [-0.25, -0.2) is 26.6 Å². The average Bonchev–Trinajstić information content (AvgIpc) is 3.49. The van der Waals surface area contributed by atoms with Crippen molar-refractivity contribution < 1.29 is 21.6 Å². The highest BCUT2D eigenvalue weighted by atomic mass is 32.2. The van der Waals surface area contributed by atoms with Crippen LogP contribution in [-0.4, -0.2) is 35.4 Å². The van der Waals surface area contributed by atoms with Crippen molar-refractivity contribution in [2.24, 2.45) is 5.92 Å². The molecule has 2 aromatic carbocycles. The Morgan fingerprint density at radius 1 is 1.03 bits per heavy atom. The molecule has 1 atom stereocenters. The molecular formula is C25H28F3N3O2S2. The molecule has 0 unspecified atom stereocenters. The van der Waals surface area contributed by atoms with Gasteiger partial charge in [-0.3, -0.25) is 0 Å². The monoisotopic (exact) mass is 523 g/mol. The lowest BCUT2D eigenvalue weighted by Gasteiger charge is -2.30. The Hall–Kier alpha value is -2.04. The topological polar surface area (TPSA) is 55.2 Å². The number of rotatable bonds is 6. The Bertz CT molecular complexity index is 1350. The molecule has 2 fully saturated rings. The van der Waals surface area contributed by atoms with Crippen LogP contribution in [0.15, 0.2) is 40.4 Å². The predicted molar refractivity (Wildman–Crippen MR) is 130 cm³/mol. The highest BCUT2D eigenvalue weighted by molar-refractivity contribution is 7.98. The van der Waals surface area contributed by atoms with Crippen molar-refractivity contribution in [1.29, 1.82) is 0 Å². The van der Waals surface area contributed by atoms with Crippen LogP contribution in [0.25, 0.3) is 11.0 Å². The van der Waals surface area contributed by atoms with Crippen molar-refractivity contribution >= 4 is 32.8 Å². The molecular weight excluding hydrogens is 495 g/mol. The Kier molecular flexibility index (Phi) is 6.89. The van der Waals surface area contributed by atoms with Crippen molar-refractivity contribution in [2.75, 3.05) is 13.1 Å². The van der Waals surface area contributed by atoms with Gasteiger partial charge in [0.15, 0.2) is 22.6 Å². The largest absolute Gasteiger partial charge is 0.316 e. The number of sulfonamides is 1. The van der Waals surface area contributed by atoms with E-state index in [1.807, 2.05) is 6.07 Å². The molecule has 1 aromatic heterocycles. The van der Waals surface area contributed by atoms with Crippen LogP contribution in [0.1, 0.15) is 57.1 Å². The van der Waals surface area contributed by atoms with E-state index in [2.05, 4.69) is 11.5 Å². The van der Waals surface area contributed by atoms with Crippen LogP contribution < -0.4 is 0 Å². The summed E-state index contributed by atoms with van der Waals surface area (Å²) >= 11 is 1.25. The summed E-state index contributed by atoms with van der Waals surface area (Å²) in [4.78, 5) is 4.95. The summed E-state index contributed by atoms with van der Waals surface area (Å²) in [5, 5.41) is 0.622. The molecule has 5 rings (SSSR count). The third kappa shape index (κ3) is 4.72. The first-order valence-corrected chi connectivity index (χ1v) is 14.5. The number of thioether (sulfide) groups is 1. The first-order chi connectivity index (χ1) is 16.8. The quantitative estimate of drug-likeness (QED) is 0.282. The first kappa shape index (κ1) is 24.6. The number of halogens is 3. The lowest BCUT2D eigenvalue weighted by Crippen LogP contribution is -2.39. The molecule has 3 aromatic rings. The lowest BCUT2D eigenvalue weighted by molar-refractivity contribution is 0.281. The van der Waals surface area contributed by atoms with Gasteiger partial charge < -0.3 is 4.57 Å². The highest BCUT2D eigenvalue weighted by Gasteiger charge is 2.30. The molecule has 35 heavy (non-hydrogen) atoms. The normalized spacial score (nSPS) is 20.2. The lowest BCUT2D eigenvalue weighted by atomic mass is 10.0. The summed E-state index contributed by atoms with van der Waals surface area (Å²) in [5.41, 5.74) is 1.45. The van der Waals surface area contributed by atoms with Crippen LogP contribution in [0.4, 0.5) is 13.2 Å². The second kappa shape index (κ2) is 9.78. The SMILES string of the molecule is C[C@@H]1CCCN(S(=O)(=O)c2ccc3c(c2)nc(SCc2ccc(F)c(F)c2F)n3C2CCCC2)C1. The summed E-state index contributed by atoms with van der Waals surface area (Å²) in [6.45, 7) is 3.09. The molecule has 0 N–H and O–H groups in total. The van der Waals surface area contributed by atoms with Crippen molar-refractivity contribution in [3.05, 3.63) is 53.3 Å². The predicted octanol–water partition coefficient (Wildman–Crippen LogP) is 6.28. The van der Waals surface area contributed by atoms with Crippen molar-refractivity contribution in [3.8, 4) is 0 Å². The van der Waals surface area contributed by atoms with Crippen LogP contribution in [0.3, 0.4) is 0 Å². The fraction of sp³-hybridized carbons (Fsp3) is 0.480. The fourth-order valence-electron chi connectivity index (χ4n) is 5.17. The zero-order valence-electron chi connectivity index (χ0n) is 19.5. The number of aromatic nitrogens is 2.